The molecule has 0 radical (unpaired) electrons. The maximum absolute atomic E-state index is 12.3. The van der Waals surface area contributed by atoms with Crippen molar-refractivity contribution in [2.24, 2.45) is 7.05 Å². The van der Waals surface area contributed by atoms with Crippen molar-refractivity contribution in [3.8, 4) is 0 Å². The predicted molar refractivity (Wildman–Crippen MR) is 82.7 cm³/mol. The predicted octanol–water partition coefficient (Wildman–Crippen LogP) is 2.68. The molecule has 0 fully saturated rings. The molecule has 6 heteroatoms. The number of hydrogen-bond donors (Lipinski definition) is 1. The molecule has 0 aliphatic carbocycles. The molecule has 2 aromatic carbocycles. The maximum Gasteiger partial charge on any atom is 0.261 e. The second-order valence-electron chi connectivity index (χ2n) is 4.96. The van der Waals surface area contributed by atoms with Gasteiger partial charge in [0.05, 0.1) is 16.6 Å². The van der Waals surface area contributed by atoms with Gasteiger partial charge in [-0.1, -0.05) is 17.7 Å². The molecule has 3 aromatic rings. The zero-order valence-electron chi connectivity index (χ0n) is 11.7. The van der Waals surface area contributed by atoms with E-state index in [1.165, 1.54) is 0 Å². The van der Waals surface area contributed by atoms with Crippen molar-refractivity contribution in [3.05, 3.63) is 54.2 Å². The Kier molecular flexibility index (Phi) is 3.17. The summed E-state index contributed by atoms with van der Waals surface area (Å²) in [5.41, 5.74) is 2.50. The van der Waals surface area contributed by atoms with Crippen molar-refractivity contribution >= 4 is 26.6 Å². The van der Waals surface area contributed by atoms with Gasteiger partial charge >= 0.3 is 0 Å². The normalized spacial score (nSPS) is 11.7. The van der Waals surface area contributed by atoms with Crippen LogP contribution in [0.2, 0.25) is 0 Å². The Hall–Kier alpha value is -2.34. The number of sulfonamides is 1. The van der Waals surface area contributed by atoms with Gasteiger partial charge in [0, 0.05) is 18.1 Å². The van der Waals surface area contributed by atoms with Gasteiger partial charge in [-0.2, -0.15) is 5.10 Å². The minimum Gasteiger partial charge on any atom is -0.280 e. The number of benzene rings is 2. The minimum absolute atomic E-state index is 0.249. The second-order valence-corrected chi connectivity index (χ2v) is 6.64. The molecule has 0 aliphatic rings. The van der Waals surface area contributed by atoms with Crippen molar-refractivity contribution in [2.75, 3.05) is 4.72 Å². The Morgan fingerprint density at radius 3 is 2.52 bits per heavy atom. The third kappa shape index (κ3) is 2.62. The van der Waals surface area contributed by atoms with E-state index < -0.39 is 10.0 Å². The number of anilines is 1. The third-order valence-electron chi connectivity index (χ3n) is 3.33. The first kappa shape index (κ1) is 13.6. The Morgan fingerprint density at radius 2 is 1.81 bits per heavy atom. The van der Waals surface area contributed by atoms with Gasteiger partial charge < -0.3 is 0 Å². The van der Waals surface area contributed by atoms with Gasteiger partial charge in [-0.15, -0.1) is 0 Å². The van der Waals surface area contributed by atoms with Crippen LogP contribution in [-0.4, -0.2) is 18.2 Å². The van der Waals surface area contributed by atoms with Crippen LogP contribution in [0.1, 0.15) is 5.56 Å². The molecule has 0 aliphatic heterocycles. The molecule has 0 amide bonds. The molecule has 0 unspecified atom stereocenters. The number of aryl methyl sites for hydroxylation is 2. The summed E-state index contributed by atoms with van der Waals surface area (Å²) < 4.78 is 29.0. The van der Waals surface area contributed by atoms with Crippen LogP contribution in [0.4, 0.5) is 5.69 Å². The van der Waals surface area contributed by atoms with E-state index in [9.17, 15) is 8.42 Å². The van der Waals surface area contributed by atoms with Crippen LogP contribution >= 0.6 is 0 Å². The molecule has 0 bridgehead atoms. The lowest BCUT2D eigenvalue weighted by atomic mass is 10.2. The van der Waals surface area contributed by atoms with Gasteiger partial charge in [0.1, 0.15) is 0 Å². The highest BCUT2D eigenvalue weighted by molar-refractivity contribution is 7.92. The fourth-order valence-corrected chi connectivity index (χ4v) is 3.21. The average Bonchev–Trinajstić information content (AvgIpc) is 2.80. The number of hydrogen-bond acceptors (Lipinski definition) is 3. The Labute approximate surface area is 123 Å². The number of fused-ring (bicyclic) bond motifs is 1. The van der Waals surface area contributed by atoms with Crippen LogP contribution in [0.3, 0.4) is 0 Å². The summed E-state index contributed by atoms with van der Waals surface area (Å²) in [6.45, 7) is 1.92. The summed E-state index contributed by atoms with van der Waals surface area (Å²) in [6.07, 6.45) is 1.71. The molecule has 1 N–H and O–H groups in total. The molecule has 0 saturated heterocycles. The third-order valence-corrected chi connectivity index (χ3v) is 4.73. The van der Waals surface area contributed by atoms with E-state index in [4.69, 9.17) is 0 Å². The fraction of sp³-hybridized carbons (Fsp3) is 0.133. The van der Waals surface area contributed by atoms with Crippen LogP contribution in [0.25, 0.3) is 10.9 Å². The maximum atomic E-state index is 12.3. The van der Waals surface area contributed by atoms with Crippen molar-refractivity contribution < 1.29 is 8.42 Å². The van der Waals surface area contributed by atoms with Crippen molar-refractivity contribution in [1.82, 2.24) is 9.78 Å². The highest BCUT2D eigenvalue weighted by Gasteiger charge is 2.14. The van der Waals surface area contributed by atoms with Crippen LogP contribution in [0, 0.1) is 6.92 Å². The number of nitrogens with one attached hydrogen (secondary N) is 1. The Balaban J connectivity index is 1.95. The number of aromatic nitrogens is 2. The smallest absolute Gasteiger partial charge is 0.261 e. The van der Waals surface area contributed by atoms with Crippen LogP contribution < -0.4 is 4.72 Å². The van der Waals surface area contributed by atoms with E-state index in [0.717, 1.165) is 16.5 Å². The summed E-state index contributed by atoms with van der Waals surface area (Å²) in [4.78, 5) is 0.249. The van der Waals surface area contributed by atoms with Crippen LogP contribution in [0.5, 0.6) is 0 Å². The standard InChI is InChI=1S/C15H15N3O2S/c1-11-3-6-14(7-4-11)21(19,20)17-13-5-8-15-12(9-13)10-16-18(15)2/h3-10,17H,1-2H3. The molecule has 0 saturated carbocycles. The average molecular weight is 301 g/mol. The topological polar surface area (TPSA) is 64.0 Å². The first-order valence-electron chi connectivity index (χ1n) is 6.47. The van der Waals surface area contributed by atoms with E-state index in [1.54, 1.807) is 47.3 Å². The van der Waals surface area contributed by atoms with Crippen LogP contribution in [0.15, 0.2) is 53.6 Å². The molecule has 3 rings (SSSR count). The van der Waals surface area contributed by atoms with Gasteiger partial charge in [0.15, 0.2) is 0 Å². The number of nitrogens with zero attached hydrogens (tertiary/aromatic N) is 2. The zero-order chi connectivity index (χ0) is 15.0. The van der Waals surface area contributed by atoms with E-state index in [1.807, 2.05) is 20.0 Å². The van der Waals surface area contributed by atoms with Gasteiger partial charge in [0.25, 0.3) is 10.0 Å². The summed E-state index contributed by atoms with van der Waals surface area (Å²) in [5.74, 6) is 0. The van der Waals surface area contributed by atoms with Gasteiger partial charge in [0.2, 0.25) is 0 Å². The first-order chi connectivity index (χ1) is 9.95. The quantitative estimate of drug-likeness (QED) is 0.809. The first-order valence-corrected chi connectivity index (χ1v) is 7.95. The SMILES string of the molecule is Cc1ccc(S(=O)(=O)Nc2ccc3c(cnn3C)c2)cc1. The van der Waals surface area contributed by atoms with Crippen molar-refractivity contribution in [3.63, 3.8) is 0 Å². The molecule has 108 valence electrons. The Morgan fingerprint density at radius 1 is 1.10 bits per heavy atom. The molecule has 0 spiro atoms. The summed E-state index contributed by atoms with van der Waals surface area (Å²) in [7, 11) is -1.72. The lowest BCUT2D eigenvalue weighted by Crippen LogP contribution is -2.12. The molecule has 21 heavy (non-hydrogen) atoms. The largest absolute Gasteiger partial charge is 0.280 e. The van der Waals surface area contributed by atoms with Crippen LogP contribution in [-0.2, 0) is 17.1 Å². The van der Waals surface area contributed by atoms with E-state index in [-0.39, 0.29) is 4.90 Å². The van der Waals surface area contributed by atoms with Crippen molar-refractivity contribution in [1.29, 1.82) is 0 Å². The summed E-state index contributed by atoms with van der Waals surface area (Å²) in [5, 5.41) is 5.03. The lowest BCUT2D eigenvalue weighted by molar-refractivity contribution is 0.601. The lowest BCUT2D eigenvalue weighted by Gasteiger charge is -2.08. The van der Waals surface area contributed by atoms with E-state index >= 15 is 0 Å². The monoisotopic (exact) mass is 301 g/mol. The Bertz CT molecular complexity index is 896. The summed E-state index contributed by atoms with van der Waals surface area (Å²) >= 11 is 0. The zero-order valence-corrected chi connectivity index (χ0v) is 12.6. The molecule has 0 atom stereocenters. The van der Waals surface area contributed by atoms with Gasteiger partial charge in [-0.3, -0.25) is 9.40 Å². The van der Waals surface area contributed by atoms with E-state index in [2.05, 4.69) is 9.82 Å². The molecule has 5 nitrogen and oxygen atoms in total. The molecule has 1 heterocycles. The highest BCUT2D eigenvalue weighted by atomic mass is 32.2. The minimum atomic E-state index is -3.57. The molecule has 1 aromatic heterocycles. The van der Waals surface area contributed by atoms with Crippen molar-refractivity contribution in [2.45, 2.75) is 11.8 Å². The van der Waals surface area contributed by atoms with Gasteiger partial charge in [-0.25, -0.2) is 8.42 Å². The summed E-state index contributed by atoms with van der Waals surface area (Å²) in [6, 6.07) is 12.1. The number of rotatable bonds is 3. The highest BCUT2D eigenvalue weighted by Crippen LogP contribution is 2.21. The van der Waals surface area contributed by atoms with Gasteiger partial charge in [-0.05, 0) is 37.3 Å². The second kappa shape index (κ2) is 4.89. The fourth-order valence-electron chi connectivity index (χ4n) is 2.16. The molecular formula is C15H15N3O2S. The van der Waals surface area contributed by atoms with E-state index in [0.29, 0.717) is 5.69 Å². The molecular weight excluding hydrogens is 286 g/mol.